The lowest BCUT2D eigenvalue weighted by Gasteiger charge is -2.35. The van der Waals surface area contributed by atoms with E-state index in [4.69, 9.17) is 9.57 Å². The van der Waals surface area contributed by atoms with Gasteiger partial charge in [-0.2, -0.15) is 0 Å². The number of aryl methyl sites for hydroxylation is 2. The average Bonchev–Trinajstić information content (AvgIpc) is 2.52. The fourth-order valence-corrected chi connectivity index (χ4v) is 3.73. The van der Waals surface area contributed by atoms with Crippen LogP contribution in [0.5, 0.6) is 0 Å². The highest BCUT2D eigenvalue weighted by molar-refractivity contribution is 5.60. The van der Waals surface area contributed by atoms with Crippen LogP contribution in [0.25, 0.3) is 0 Å². The van der Waals surface area contributed by atoms with Crippen molar-refractivity contribution in [3.05, 3.63) is 34.9 Å². The van der Waals surface area contributed by atoms with Crippen LogP contribution in [0.3, 0.4) is 0 Å². The van der Waals surface area contributed by atoms with E-state index in [0.717, 1.165) is 12.8 Å². The highest BCUT2D eigenvalue weighted by Gasteiger charge is 2.32. The number of aliphatic hydroxyl groups excluding tert-OH is 1. The van der Waals surface area contributed by atoms with E-state index in [1.807, 2.05) is 0 Å². The van der Waals surface area contributed by atoms with Crippen LogP contribution in [0.15, 0.2) is 18.2 Å². The van der Waals surface area contributed by atoms with Gasteiger partial charge >= 0.3 is 6.16 Å². The lowest BCUT2D eigenvalue weighted by Crippen LogP contribution is -2.44. The highest BCUT2D eigenvalue weighted by Crippen LogP contribution is 2.32. The second-order valence-corrected chi connectivity index (χ2v) is 8.14. The molecule has 0 radical (unpaired) electrons. The van der Waals surface area contributed by atoms with Gasteiger partial charge in [-0.25, -0.2) is 4.79 Å². The SMILES string of the molecule is CC(C)(C)OC(=O)ON1CCC(c2ccc3c(c2)CCCC3)C(O)C1. The van der Waals surface area contributed by atoms with Crippen LogP contribution in [0.1, 0.15) is 62.6 Å². The number of β-amino-alcohol motifs (C(OH)–C–C–N with tert-alkyl or cyclic N) is 1. The molecule has 2 aliphatic rings. The van der Waals surface area contributed by atoms with Gasteiger partial charge < -0.3 is 14.7 Å². The van der Waals surface area contributed by atoms with Gasteiger partial charge in [0, 0.05) is 12.5 Å². The molecule has 25 heavy (non-hydrogen) atoms. The highest BCUT2D eigenvalue weighted by atomic mass is 16.8. The predicted molar refractivity (Wildman–Crippen MR) is 95.3 cm³/mol. The monoisotopic (exact) mass is 347 g/mol. The van der Waals surface area contributed by atoms with E-state index in [9.17, 15) is 9.90 Å². The number of carbonyl (C=O) groups excluding carboxylic acids is 1. The molecule has 0 amide bonds. The Morgan fingerprint density at radius 3 is 2.60 bits per heavy atom. The summed E-state index contributed by atoms with van der Waals surface area (Å²) in [6, 6.07) is 6.65. The standard InChI is InChI=1S/C20H29NO4/c1-20(2,3)24-19(23)25-21-11-10-17(18(22)13-21)16-9-8-14-6-4-5-7-15(14)12-16/h8-9,12,17-18,22H,4-7,10-11,13H2,1-3H3. The molecule has 1 fully saturated rings. The van der Waals surface area contributed by atoms with Gasteiger partial charge in [-0.15, -0.1) is 5.06 Å². The summed E-state index contributed by atoms with van der Waals surface area (Å²) in [4.78, 5) is 17.0. The Labute approximate surface area is 149 Å². The topological polar surface area (TPSA) is 59.0 Å². The van der Waals surface area contributed by atoms with Gasteiger partial charge in [-0.1, -0.05) is 18.2 Å². The molecule has 1 saturated heterocycles. The molecule has 0 saturated carbocycles. The van der Waals surface area contributed by atoms with Gasteiger partial charge in [-0.05, 0) is 69.6 Å². The van der Waals surface area contributed by atoms with Crippen molar-refractivity contribution in [3.63, 3.8) is 0 Å². The van der Waals surface area contributed by atoms with Crippen molar-refractivity contribution < 1.29 is 19.5 Å². The first-order valence-corrected chi connectivity index (χ1v) is 9.27. The molecule has 1 aliphatic heterocycles. The van der Waals surface area contributed by atoms with Crippen LogP contribution in [0, 0.1) is 0 Å². The number of rotatable bonds is 2. The molecule has 1 aliphatic carbocycles. The van der Waals surface area contributed by atoms with Crippen molar-refractivity contribution in [1.82, 2.24) is 5.06 Å². The van der Waals surface area contributed by atoms with Crippen molar-refractivity contribution in [3.8, 4) is 0 Å². The molecule has 1 N–H and O–H groups in total. The Morgan fingerprint density at radius 1 is 1.20 bits per heavy atom. The number of nitrogens with zero attached hydrogens (tertiary/aromatic N) is 1. The molecule has 1 heterocycles. The molecule has 5 nitrogen and oxygen atoms in total. The maximum atomic E-state index is 11.8. The number of fused-ring (bicyclic) bond motifs is 1. The molecule has 3 rings (SSSR count). The molecule has 0 spiro atoms. The van der Waals surface area contributed by atoms with E-state index >= 15 is 0 Å². The third-order valence-electron chi connectivity index (χ3n) is 4.94. The minimum Gasteiger partial charge on any atom is -0.427 e. The molecule has 1 aromatic carbocycles. The summed E-state index contributed by atoms with van der Waals surface area (Å²) in [5.74, 6) is 0.0886. The first kappa shape index (κ1) is 18.2. The number of aliphatic hydroxyl groups is 1. The van der Waals surface area contributed by atoms with E-state index in [2.05, 4.69) is 18.2 Å². The Hall–Kier alpha value is -1.59. The molecular formula is C20H29NO4. The minimum atomic E-state index is -0.716. The molecule has 2 unspecified atom stereocenters. The first-order chi connectivity index (χ1) is 11.8. The van der Waals surface area contributed by atoms with Crippen LogP contribution < -0.4 is 0 Å². The first-order valence-electron chi connectivity index (χ1n) is 9.27. The Kier molecular flexibility index (Phi) is 5.35. The summed E-state index contributed by atoms with van der Waals surface area (Å²) < 4.78 is 5.16. The molecule has 0 aromatic heterocycles. The van der Waals surface area contributed by atoms with Crippen molar-refractivity contribution in [2.45, 2.75) is 70.5 Å². The van der Waals surface area contributed by atoms with Crippen LogP contribution >= 0.6 is 0 Å². The number of piperidine rings is 1. The summed E-state index contributed by atoms with van der Waals surface area (Å²) in [6.07, 6.45) is 4.31. The summed E-state index contributed by atoms with van der Waals surface area (Å²) in [5.41, 5.74) is 3.50. The number of ether oxygens (including phenoxy) is 1. The molecule has 2 atom stereocenters. The summed E-state index contributed by atoms with van der Waals surface area (Å²) in [6.45, 7) is 6.29. The van der Waals surface area contributed by atoms with Gasteiger partial charge in [-0.3, -0.25) is 0 Å². The maximum Gasteiger partial charge on any atom is 0.528 e. The fourth-order valence-electron chi connectivity index (χ4n) is 3.73. The molecular weight excluding hydrogens is 318 g/mol. The second kappa shape index (κ2) is 7.34. The number of carbonyl (C=O) groups is 1. The Bertz CT molecular complexity index is 623. The van der Waals surface area contributed by atoms with Crippen LogP contribution in [-0.2, 0) is 22.4 Å². The summed E-state index contributed by atoms with van der Waals surface area (Å²) >= 11 is 0. The number of benzene rings is 1. The average molecular weight is 347 g/mol. The van der Waals surface area contributed by atoms with Crippen molar-refractivity contribution in [2.24, 2.45) is 0 Å². The van der Waals surface area contributed by atoms with Gasteiger partial charge in [0.15, 0.2) is 0 Å². The summed E-state index contributed by atoms with van der Waals surface area (Å²) in [5, 5.41) is 12.1. The summed E-state index contributed by atoms with van der Waals surface area (Å²) in [7, 11) is 0. The number of hydroxylamine groups is 2. The van der Waals surface area contributed by atoms with Gasteiger partial charge in [0.1, 0.15) is 5.60 Å². The quantitative estimate of drug-likeness (QED) is 0.829. The third kappa shape index (κ3) is 4.73. The normalized spacial score (nSPS) is 24.5. The molecule has 0 bridgehead atoms. The van der Waals surface area contributed by atoms with E-state index in [-0.39, 0.29) is 5.92 Å². The van der Waals surface area contributed by atoms with Crippen molar-refractivity contribution in [2.75, 3.05) is 13.1 Å². The molecule has 1 aromatic rings. The zero-order valence-electron chi connectivity index (χ0n) is 15.5. The van der Waals surface area contributed by atoms with E-state index in [1.54, 1.807) is 20.8 Å². The largest absolute Gasteiger partial charge is 0.528 e. The number of hydrogen-bond donors (Lipinski definition) is 1. The smallest absolute Gasteiger partial charge is 0.427 e. The Morgan fingerprint density at radius 2 is 1.92 bits per heavy atom. The van der Waals surface area contributed by atoms with Gasteiger partial charge in [0.2, 0.25) is 0 Å². The van der Waals surface area contributed by atoms with E-state index in [0.29, 0.717) is 13.1 Å². The van der Waals surface area contributed by atoms with Crippen LogP contribution in [0.4, 0.5) is 4.79 Å². The minimum absolute atomic E-state index is 0.0886. The van der Waals surface area contributed by atoms with Crippen LogP contribution in [0.2, 0.25) is 0 Å². The maximum absolute atomic E-state index is 11.8. The third-order valence-corrected chi connectivity index (χ3v) is 4.94. The van der Waals surface area contributed by atoms with Crippen LogP contribution in [-0.4, -0.2) is 41.1 Å². The Balaban J connectivity index is 1.59. The van der Waals surface area contributed by atoms with Crippen molar-refractivity contribution >= 4 is 6.16 Å². The van der Waals surface area contributed by atoms with Gasteiger partial charge in [0.25, 0.3) is 0 Å². The molecule has 138 valence electrons. The number of hydrogen-bond acceptors (Lipinski definition) is 5. The van der Waals surface area contributed by atoms with E-state index < -0.39 is 17.9 Å². The zero-order valence-corrected chi connectivity index (χ0v) is 15.5. The predicted octanol–water partition coefficient (Wildman–Crippen LogP) is 3.58. The second-order valence-electron chi connectivity index (χ2n) is 8.14. The van der Waals surface area contributed by atoms with E-state index in [1.165, 1.54) is 41.0 Å². The lowest BCUT2D eigenvalue weighted by atomic mass is 9.83. The van der Waals surface area contributed by atoms with Crippen molar-refractivity contribution in [1.29, 1.82) is 0 Å². The zero-order chi connectivity index (χ0) is 18.0. The fraction of sp³-hybridized carbons (Fsp3) is 0.650. The molecule has 5 heteroatoms. The van der Waals surface area contributed by atoms with Gasteiger partial charge in [0.05, 0.1) is 12.6 Å². The lowest BCUT2D eigenvalue weighted by molar-refractivity contribution is -0.170.